The largest absolute Gasteiger partial charge is 0.380 e. The Morgan fingerprint density at radius 3 is 0.673 bits per heavy atom. The summed E-state index contributed by atoms with van der Waals surface area (Å²) in [6.45, 7) is 16.2. The van der Waals surface area contributed by atoms with Crippen LogP contribution in [-0.2, 0) is 44.6 Å². The van der Waals surface area contributed by atoms with Gasteiger partial charge in [-0.25, -0.2) is 0 Å². The lowest BCUT2D eigenvalue weighted by Gasteiger charge is -2.39. The van der Waals surface area contributed by atoms with Gasteiger partial charge < -0.3 is 18.9 Å². The molecule has 0 aliphatic carbocycles. The highest BCUT2D eigenvalue weighted by Gasteiger charge is 2.43. The van der Waals surface area contributed by atoms with Gasteiger partial charge in [0.05, 0.1) is 52.9 Å². The van der Waals surface area contributed by atoms with Crippen LogP contribution in [0.25, 0.3) is 0 Å². The van der Waals surface area contributed by atoms with E-state index in [1.807, 2.05) is 0 Å². The predicted molar refractivity (Wildman–Crippen MR) is 201 cm³/mol. The fourth-order valence-corrected chi connectivity index (χ4v) is 13.3. The van der Waals surface area contributed by atoms with E-state index in [1.54, 1.807) is 0 Å². The lowest BCUT2D eigenvalue weighted by atomic mass is 9.82. The third-order valence-electron chi connectivity index (χ3n) is 11.7. The Morgan fingerprint density at radius 1 is 0.347 bits per heavy atom. The second kappa shape index (κ2) is 12.6. The Balaban J connectivity index is 1.24. The molecule has 5 heteroatoms. The van der Waals surface area contributed by atoms with E-state index in [1.165, 1.54) is 43.0 Å². The van der Waals surface area contributed by atoms with Gasteiger partial charge in [0.1, 0.15) is 0 Å². The van der Waals surface area contributed by atoms with E-state index in [0.717, 1.165) is 78.5 Å². The molecule has 0 spiro atoms. The lowest BCUT2D eigenvalue weighted by Crippen LogP contribution is -2.74. The van der Waals surface area contributed by atoms with E-state index >= 15 is 0 Å². The molecule has 0 atom stereocenters. The van der Waals surface area contributed by atoms with Crippen molar-refractivity contribution in [2.75, 3.05) is 52.9 Å². The van der Waals surface area contributed by atoms with Crippen LogP contribution in [-0.4, -0.2) is 60.9 Å². The van der Waals surface area contributed by atoms with Gasteiger partial charge in [0.25, 0.3) is 0 Å². The Kier molecular flexibility index (Phi) is 8.52. The molecular weight excluding hydrogens is 621 g/mol. The fourth-order valence-electron chi connectivity index (χ4n) is 8.67. The third-order valence-corrected chi connectivity index (χ3v) is 16.5. The minimum Gasteiger partial charge on any atom is -0.380 e. The second-order valence-corrected chi connectivity index (χ2v) is 21.3. The SMILES string of the molecule is CC1(Cc2ccc([Si](c3ccc(CC4(C)COC4)cc3)(c3ccc(CC4(C)COC4)cc3)c3ccc(CC4(C)COC4)cc3)cc2)COC1. The van der Waals surface area contributed by atoms with Gasteiger partial charge in [-0.05, 0) is 68.7 Å². The van der Waals surface area contributed by atoms with E-state index in [0.29, 0.717) is 0 Å². The van der Waals surface area contributed by atoms with E-state index in [9.17, 15) is 0 Å². The molecule has 0 saturated carbocycles. The highest BCUT2D eigenvalue weighted by atomic mass is 28.3. The molecule has 256 valence electrons. The van der Waals surface area contributed by atoms with Crippen LogP contribution in [0.5, 0.6) is 0 Å². The minimum atomic E-state index is -2.70. The monoisotopic (exact) mass is 672 g/mol. The summed E-state index contributed by atoms with van der Waals surface area (Å²) in [7, 11) is -2.70. The van der Waals surface area contributed by atoms with Gasteiger partial charge in [-0.1, -0.05) is 125 Å². The molecule has 4 heterocycles. The summed E-state index contributed by atoms with van der Waals surface area (Å²) in [6, 6.07) is 38.7. The van der Waals surface area contributed by atoms with E-state index < -0.39 is 8.07 Å². The number of hydrogen-bond acceptors (Lipinski definition) is 4. The quantitative estimate of drug-likeness (QED) is 0.150. The molecule has 0 unspecified atom stereocenters. The maximum Gasteiger partial charge on any atom is 0.179 e. The van der Waals surface area contributed by atoms with Crippen LogP contribution in [0, 0.1) is 21.7 Å². The molecular formula is C44H52O4Si. The first kappa shape index (κ1) is 33.1. The molecule has 4 aromatic rings. The Labute approximate surface area is 294 Å². The van der Waals surface area contributed by atoms with Gasteiger partial charge in [-0.2, -0.15) is 0 Å². The summed E-state index contributed by atoms with van der Waals surface area (Å²) in [6.07, 6.45) is 4.20. The molecule has 4 nitrogen and oxygen atoms in total. The fraction of sp³-hybridized carbons (Fsp3) is 0.455. The first-order valence-electron chi connectivity index (χ1n) is 18.3. The Hall–Kier alpha value is -3.06. The highest BCUT2D eigenvalue weighted by Crippen LogP contribution is 2.34. The zero-order valence-electron chi connectivity index (χ0n) is 29.9. The summed E-state index contributed by atoms with van der Waals surface area (Å²) in [5.41, 5.74) is 6.52. The molecule has 0 bridgehead atoms. The van der Waals surface area contributed by atoms with Crippen LogP contribution in [0.15, 0.2) is 97.1 Å². The zero-order valence-corrected chi connectivity index (χ0v) is 30.9. The predicted octanol–water partition coefficient (Wildman–Crippen LogP) is 5.38. The molecule has 4 aliphatic rings. The van der Waals surface area contributed by atoms with Crippen molar-refractivity contribution < 1.29 is 18.9 Å². The molecule has 4 fully saturated rings. The first-order chi connectivity index (χ1) is 23.6. The molecule has 0 aromatic heterocycles. The number of ether oxygens (including phenoxy) is 4. The number of rotatable bonds is 12. The Morgan fingerprint density at radius 2 is 0.531 bits per heavy atom. The summed E-state index contributed by atoms with van der Waals surface area (Å²) in [5, 5.41) is 5.71. The van der Waals surface area contributed by atoms with Crippen LogP contribution < -0.4 is 20.7 Å². The van der Waals surface area contributed by atoms with Crippen LogP contribution in [0.2, 0.25) is 0 Å². The van der Waals surface area contributed by atoms with E-state index in [2.05, 4.69) is 125 Å². The first-order valence-corrected chi connectivity index (χ1v) is 20.3. The summed E-state index contributed by atoms with van der Waals surface area (Å²) < 4.78 is 22.4. The van der Waals surface area contributed by atoms with E-state index in [-0.39, 0.29) is 21.7 Å². The number of benzene rings is 4. The highest BCUT2D eigenvalue weighted by molar-refractivity contribution is 7.19. The molecule has 4 aromatic carbocycles. The van der Waals surface area contributed by atoms with Crippen molar-refractivity contribution in [3.8, 4) is 0 Å². The molecule has 4 saturated heterocycles. The molecule has 0 N–H and O–H groups in total. The van der Waals surface area contributed by atoms with Crippen molar-refractivity contribution in [2.45, 2.75) is 53.4 Å². The van der Waals surface area contributed by atoms with Crippen molar-refractivity contribution in [2.24, 2.45) is 21.7 Å². The minimum absolute atomic E-state index is 0.240. The molecule has 49 heavy (non-hydrogen) atoms. The second-order valence-electron chi connectivity index (χ2n) is 17.5. The molecule has 8 rings (SSSR count). The van der Waals surface area contributed by atoms with Gasteiger partial charge in [0, 0.05) is 21.7 Å². The summed E-state index contributed by atoms with van der Waals surface area (Å²) in [4.78, 5) is 0. The van der Waals surface area contributed by atoms with Crippen molar-refractivity contribution >= 4 is 28.8 Å². The van der Waals surface area contributed by atoms with Crippen molar-refractivity contribution in [3.63, 3.8) is 0 Å². The average Bonchev–Trinajstić information content (AvgIpc) is 3.05. The normalized spacial score (nSPS) is 21.5. The standard InChI is InChI=1S/C44H52O4Si/c1-41(25-45-26-41)21-33-5-13-37(14-6-33)49(38-15-7-34(8-16-38)22-42(2)27-46-28-42,39-17-9-35(10-18-39)23-43(3)29-47-30-43)40-19-11-36(12-20-40)24-44(4)31-48-32-44/h5-20H,21-32H2,1-4H3. The molecule has 0 radical (unpaired) electrons. The summed E-state index contributed by atoms with van der Waals surface area (Å²) >= 11 is 0. The van der Waals surface area contributed by atoms with Gasteiger partial charge in [-0.3, -0.25) is 0 Å². The number of hydrogen-bond donors (Lipinski definition) is 0. The summed E-state index contributed by atoms with van der Waals surface area (Å²) in [5.74, 6) is 0. The molecule has 4 aliphatic heterocycles. The zero-order chi connectivity index (χ0) is 33.7. The maximum absolute atomic E-state index is 5.60. The van der Waals surface area contributed by atoms with Crippen LogP contribution in [0.3, 0.4) is 0 Å². The van der Waals surface area contributed by atoms with Crippen molar-refractivity contribution in [1.82, 2.24) is 0 Å². The smallest absolute Gasteiger partial charge is 0.179 e. The van der Waals surface area contributed by atoms with E-state index in [4.69, 9.17) is 18.9 Å². The van der Waals surface area contributed by atoms with Gasteiger partial charge in [-0.15, -0.1) is 0 Å². The van der Waals surface area contributed by atoms with Crippen LogP contribution in [0.1, 0.15) is 49.9 Å². The lowest BCUT2D eigenvalue weighted by molar-refractivity contribution is -0.100. The van der Waals surface area contributed by atoms with Crippen molar-refractivity contribution in [1.29, 1.82) is 0 Å². The average molecular weight is 673 g/mol. The Bertz CT molecular complexity index is 1480. The van der Waals surface area contributed by atoms with Gasteiger partial charge in [0.15, 0.2) is 8.07 Å². The maximum atomic E-state index is 5.60. The third kappa shape index (κ3) is 6.50. The van der Waals surface area contributed by atoms with Crippen LogP contribution in [0.4, 0.5) is 0 Å². The van der Waals surface area contributed by atoms with Crippen LogP contribution >= 0.6 is 0 Å². The van der Waals surface area contributed by atoms with Crippen molar-refractivity contribution in [3.05, 3.63) is 119 Å². The van der Waals surface area contributed by atoms with Gasteiger partial charge >= 0.3 is 0 Å². The topological polar surface area (TPSA) is 36.9 Å². The van der Waals surface area contributed by atoms with Gasteiger partial charge in [0.2, 0.25) is 0 Å². The molecule has 0 amide bonds.